The normalized spacial score (nSPS) is 11.4. The number of carbonyl (C=O) groups is 1. The van der Waals surface area contributed by atoms with Gasteiger partial charge in [-0.25, -0.2) is 8.42 Å². The molecule has 0 radical (unpaired) electrons. The minimum absolute atomic E-state index is 0.148. The molecule has 0 aliphatic rings. The maximum absolute atomic E-state index is 12.4. The summed E-state index contributed by atoms with van der Waals surface area (Å²) in [6.45, 7) is 3.99. The van der Waals surface area contributed by atoms with E-state index in [2.05, 4.69) is 20.2 Å². The minimum Gasteiger partial charge on any atom is -0.296 e. The molecule has 1 heterocycles. The van der Waals surface area contributed by atoms with Crippen LogP contribution in [-0.4, -0.2) is 24.5 Å². The fourth-order valence-electron chi connectivity index (χ4n) is 2.23. The summed E-state index contributed by atoms with van der Waals surface area (Å²) in [7, 11) is -3.72. The lowest BCUT2D eigenvalue weighted by Crippen LogP contribution is -2.15. The Kier molecular flexibility index (Phi) is 5.52. The van der Waals surface area contributed by atoms with E-state index in [0.29, 0.717) is 16.4 Å². The van der Waals surface area contributed by atoms with Crippen molar-refractivity contribution >= 4 is 38.1 Å². The fourth-order valence-corrected chi connectivity index (χ4v) is 4.04. The van der Waals surface area contributed by atoms with Crippen LogP contribution in [0, 0.1) is 0 Å². The third-order valence-corrected chi connectivity index (χ3v) is 6.12. The van der Waals surface area contributed by atoms with E-state index in [0.717, 1.165) is 5.01 Å². The van der Waals surface area contributed by atoms with E-state index in [1.54, 1.807) is 36.4 Å². The van der Waals surface area contributed by atoms with Crippen LogP contribution >= 0.6 is 11.3 Å². The molecule has 9 heteroatoms. The number of hydrogen-bond acceptors (Lipinski definition) is 6. The Morgan fingerprint density at radius 2 is 1.78 bits per heavy atom. The highest BCUT2D eigenvalue weighted by atomic mass is 32.2. The van der Waals surface area contributed by atoms with Crippen molar-refractivity contribution in [3.63, 3.8) is 0 Å². The van der Waals surface area contributed by atoms with Gasteiger partial charge in [0, 0.05) is 17.2 Å². The maximum atomic E-state index is 12.4. The number of anilines is 2. The smallest absolute Gasteiger partial charge is 0.261 e. The van der Waals surface area contributed by atoms with Crippen molar-refractivity contribution in [2.75, 3.05) is 10.0 Å². The predicted octanol–water partition coefficient (Wildman–Crippen LogP) is 3.71. The highest BCUT2D eigenvalue weighted by molar-refractivity contribution is 7.92. The van der Waals surface area contributed by atoms with Crippen molar-refractivity contribution in [3.05, 3.63) is 65.2 Å². The van der Waals surface area contributed by atoms with Gasteiger partial charge in [0.1, 0.15) is 5.01 Å². The molecule has 0 aliphatic carbocycles. The van der Waals surface area contributed by atoms with Crippen molar-refractivity contribution in [1.82, 2.24) is 10.2 Å². The zero-order valence-electron chi connectivity index (χ0n) is 14.7. The van der Waals surface area contributed by atoms with E-state index in [1.165, 1.54) is 29.5 Å². The Labute approximate surface area is 161 Å². The van der Waals surface area contributed by atoms with Gasteiger partial charge in [0.05, 0.1) is 4.90 Å². The van der Waals surface area contributed by atoms with E-state index in [9.17, 15) is 13.2 Å². The van der Waals surface area contributed by atoms with Crippen molar-refractivity contribution in [1.29, 1.82) is 0 Å². The van der Waals surface area contributed by atoms with Gasteiger partial charge in [0.25, 0.3) is 15.9 Å². The molecule has 0 saturated carbocycles. The standard InChI is InChI=1S/C18H18N4O3S2/c1-12(2)17-20-21-18(26-17)19-16(23)13-7-6-8-14(11-13)22-27(24,25)15-9-4-3-5-10-15/h3-12,22H,1-2H3,(H,19,21,23). The summed E-state index contributed by atoms with van der Waals surface area (Å²) in [5, 5.41) is 11.9. The van der Waals surface area contributed by atoms with E-state index in [1.807, 2.05) is 13.8 Å². The van der Waals surface area contributed by atoms with Crippen LogP contribution in [0.4, 0.5) is 10.8 Å². The van der Waals surface area contributed by atoms with Gasteiger partial charge in [-0.1, -0.05) is 49.4 Å². The number of amides is 1. The monoisotopic (exact) mass is 402 g/mol. The zero-order chi connectivity index (χ0) is 19.4. The molecule has 1 amide bonds. The Morgan fingerprint density at radius 1 is 1.04 bits per heavy atom. The van der Waals surface area contributed by atoms with Gasteiger partial charge in [-0.05, 0) is 30.3 Å². The Morgan fingerprint density at radius 3 is 2.44 bits per heavy atom. The van der Waals surface area contributed by atoms with E-state index in [4.69, 9.17) is 0 Å². The third kappa shape index (κ3) is 4.69. The van der Waals surface area contributed by atoms with Crippen LogP contribution in [0.5, 0.6) is 0 Å². The lowest BCUT2D eigenvalue weighted by molar-refractivity contribution is 0.102. The van der Waals surface area contributed by atoms with E-state index in [-0.39, 0.29) is 16.7 Å². The van der Waals surface area contributed by atoms with Crippen molar-refractivity contribution in [2.24, 2.45) is 0 Å². The number of nitrogens with one attached hydrogen (secondary N) is 2. The summed E-state index contributed by atoms with van der Waals surface area (Å²) in [5.41, 5.74) is 0.608. The van der Waals surface area contributed by atoms with Gasteiger partial charge in [0.15, 0.2) is 0 Å². The second-order valence-corrected chi connectivity index (χ2v) is 8.75. The van der Waals surface area contributed by atoms with E-state index < -0.39 is 10.0 Å². The third-order valence-electron chi connectivity index (χ3n) is 3.59. The van der Waals surface area contributed by atoms with Gasteiger partial charge < -0.3 is 0 Å². The van der Waals surface area contributed by atoms with Crippen LogP contribution in [0.15, 0.2) is 59.5 Å². The predicted molar refractivity (Wildman–Crippen MR) is 106 cm³/mol. The molecule has 2 aromatic carbocycles. The Hall–Kier alpha value is -2.78. The molecule has 7 nitrogen and oxygen atoms in total. The Balaban J connectivity index is 1.75. The molecule has 0 atom stereocenters. The molecule has 2 N–H and O–H groups in total. The van der Waals surface area contributed by atoms with Gasteiger partial charge in [-0.15, -0.1) is 10.2 Å². The summed E-state index contributed by atoms with van der Waals surface area (Å²) in [6.07, 6.45) is 0. The van der Waals surface area contributed by atoms with E-state index >= 15 is 0 Å². The average molecular weight is 403 g/mol. The van der Waals surface area contributed by atoms with Crippen molar-refractivity contribution < 1.29 is 13.2 Å². The number of nitrogens with zero attached hydrogens (tertiary/aromatic N) is 2. The largest absolute Gasteiger partial charge is 0.296 e. The molecular weight excluding hydrogens is 384 g/mol. The molecular formula is C18H18N4O3S2. The van der Waals surface area contributed by atoms with Crippen LogP contribution in [0.2, 0.25) is 0 Å². The van der Waals surface area contributed by atoms with Crippen LogP contribution in [0.1, 0.15) is 35.1 Å². The van der Waals surface area contributed by atoms with Crippen LogP contribution in [0.3, 0.4) is 0 Å². The summed E-state index contributed by atoms with van der Waals surface area (Å²) >= 11 is 1.31. The number of aromatic nitrogens is 2. The molecule has 1 aromatic heterocycles. The fraction of sp³-hybridized carbons (Fsp3) is 0.167. The zero-order valence-corrected chi connectivity index (χ0v) is 16.3. The molecule has 27 heavy (non-hydrogen) atoms. The summed E-state index contributed by atoms with van der Waals surface area (Å²) in [5.74, 6) is -0.161. The van der Waals surface area contributed by atoms with Crippen LogP contribution in [0.25, 0.3) is 0 Å². The maximum Gasteiger partial charge on any atom is 0.261 e. The summed E-state index contributed by atoms with van der Waals surface area (Å²) < 4.78 is 27.3. The van der Waals surface area contributed by atoms with Gasteiger partial charge in [-0.3, -0.25) is 14.8 Å². The second kappa shape index (κ2) is 7.85. The topological polar surface area (TPSA) is 101 Å². The Bertz CT molecular complexity index is 1050. The first-order valence-corrected chi connectivity index (χ1v) is 10.5. The molecule has 0 bridgehead atoms. The number of hydrogen-bond donors (Lipinski definition) is 2. The van der Waals surface area contributed by atoms with Crippen molar-refractivity contribution in [3.8, 4) is 0 Å². The number of carbonyl (C=O) groups excluding carboxylic acids is 1. The molecule has 3 aromatic rings. The minimum atomic E-state index is -3.72. The lowest BCUT2D eigenvalue weighted by Gasteiger charge is -2.09. The van der Waals surface area contributed by atoms with Gasteiger partial charge in [-0.2, -0.15) is 0 Å². The van der Waals surface area contributed by atoms with Crippen molar-refractivity contribution in [2.45, 2.75) is 24.7 Å². The lowest BCUT2D eigenvalue weighted by atomic mass is 10.2. The molecule has 140 valence electrons. The first-order valence-electron chi connectivity index (χ1n) is 8.18. The first-order chi connectivity index (χ1) is 12.8. The quantitative estimate of drug-likeness (QED) is 0.654. The molecule has 0 saturated heterocycles. The second-order valence-electron chi connectivity index (χ2n) is 6.05. The molecule has 3 rings (SSSR count). The van der Waals surface area contributed by atoms with Gasteiger partial charge >= 0.3 is 0 Å². The van der Waals surface area contributed by atoms with Gasteiger partial charge in [0.2, 0.25) is 5.13 Å². The molecule has 0 unspecified atom stereocenters. The molecule has 0 aliphatic heterocycles. The number of sulfonamides is 1. The number of rotatable bonds is 6. The highest BCUT2D eigenvalue weighted by Crippen LogP contribution is 2.23. The summed E-state index contributed by atoms with van der Waals surface area (Å²) in [6, 6.07) is 14.3. The van der Waals surface area contributed by atoms with Crippen LogP contribution < -0.4 is 10.0 Å². The first kappa shape index (κ1) is 19.0. The molecule has 0 fully saturated rings. The van der Waals surface area contributed by atoms with Crippen LogP contribution in [-0.2, 0) is 10.0 Å². The number of benzene rings is 2. The average Bonchev–Trinajstić information content (AvgIpc) is 3.11. The highest BCUT2D eigenvalue weighted by Gasteiger charge is 2.16. The SMILES string of the molecule is CC(C)c1nnc(NC(=O)c2cccc(NS(=O)(=O)c3ccccc3)c2)s1. The summed E-state index contributed by atoms with van der Waals surface area (Å²) in [4.78, 5) is 12.6. The molecule has 0 spiro atoms.